The molecule has 4 rings (SSSR count). The van der Waals surface area contributed by atoms with Crippen LogP contribution in [0.3, 0.4) is 0 Å². The van der Waals surface area contributed by atoms with E-state index in [0.29, 0.717) is 0 Å². The van der Waals surface area contributed by atoms with Crippen LogP contribution in [0.25, 0.3) is 11.2 Å². The Kier molecular flexibility index (Phi) is 9.07. The summed E-state index contributed by atoms with van der Waals surface area (Å²) in [6.07, 6.45) is -7.28. The fourth-order valence-corrected chi connectivity index (χ4v) is 4.45. The van der Waals surface area contributed by atoms with Crippen LogP contribution in [-0.2, 0) is 62.8 Å². The molecule has 15 nitrogen and oxygen atoms in total. The van der Waals surface area contributed by atoms with Gasteiger partial charge < -0.3 is 49.8 Å². The summed E-state index contributed by atoms with van der Waals surface area (Å²) in [7, 11) is 3.91. The number of imidazole rings is 1. The van der Waals surface area contributed by atoms with E-state index in [-0.39, 0.29) is 56.4 Å². The van der Waals surface area contributed by atoms with Gasteiger partial charge in [0.05, 0.1) is 26.4 Å². The number of ether oxygens (including phenoxy) is 2. The molecule has 0 aromatic carbocycles. The summed E-state index contributed by atoms with van der Waals surface area (Å²) in [6.45, 7) is -0.758. The van der Waals surface area contributed by atoms with Crippen LogP contribution in [0, 0.1) is 0 Å². The van der Waals surface area contributed by atoms with E-state index in [0.717, 1.165) is 0 Å². The topological polar surface area (TPSA) is 219 Å². The average molecular weight is 576 g/mol. The summed E-state index contributed by atoms with van der Waals surface area (Å²) in [4.78, 5) is 7.59. The molecule has 2 aromatic rings. The van der Waals surface area contributed by atoms with Gasteiger partial charge in [-0.25, -0.2) is 9.55 Å². The van der Waals surface area contributed by atoms with Gasteiger partial charge in [-0.15, -0.1) is 0 Å². The monoisotopic (exact) mass is 576 g/mol. The van der Waals surface area contributed by atoms with E-state index in [2.05, 4.69) is 9.97 Å². The number of aromatic nitrogens is 4. The van der Waals surface area contributed by atoms with Crippen molar-refractivity contribution in [3.8, 4) is 5.88 Å². The van der Waals surface area contributed by atoms with E-state index in [9.17, 15) is 30.1 Å². The number of nitrogens with zero attached hydrogens (tertiary/aromatic N) is 4. The molecule has 3 unspecified atom stereocenters. The van der Waals surface area contributed by atoms with Gasteiger partial charge in [0, 0.05) is 44.6 Å². The van der Waals surface area contributed by atoms with Gasteiger partial charge in [0.2, 0.25) is 6.23 Å². The third kappa shape index (κ3) is 5.32. The number of aryl methyl sites for hydroxylation is 1. The zero-order valence-electron chi connectivity index (χ0n) is 17.9. The number of nitrogens with two attached hydrogens (primary N) is 1. The third-order valence-corrected chi connectivity index (χ3v) is 6.29. The Morgan fingerprint density at radius 1 is 1.15 bits per heavy atom. The standard InChI is InChI=1S/C16H23BN5O10P.Y/c1-21-4-22(13-7(21)14(27)20-16(18)19-13)15-11(26)9(24)6(32-15)3-30-33(28)29-2-5-8(23)10(25)12(17)31-5;/h4-6,8-12,15,23-26,33H,2-3H2,1H3,(H2-,18,19,20,27);/t5-,6-,8+,9+,10?,11?,12-,15-;/m1./s1. The molecule has 0 spiro atoms. The van der Waals surface area contributed by atoms with Crippen molar-refractivity contribution in [3.05, 3.63) is 6.33 Å². The first-order chi connectivity index (χ1) is 15.6. The maximum absolute atomic E-state index is 12.1. The molecule has 2 aromatic heterocycles. The van der Waals surface area contributed by atoms with E-state index in [1.54, 1.807) is 7.05 Å². The van der Waals surface area contributed by atoms with Crippen molar-refractivity contribution in [2.45, 2.75) is 48.9 Å². The maximum atomic E-state index is 12.1. The predicted octanol–water partition coefficient (Wildman–Crippen LogP) is -4.43. The first-order valence-corrected chi connectivity index (χ1v) is 11.1. The van der Waals surface area contributed by atoms with Crippen molar-refractivity contribution in [1.29, 1.82) is 0 Å². The van der Waals surface area contributed by atoms with E-state index in [1.165, 1.54) is 15.5 Å². The second-order valence-electron chi connectivity index (χ2n) is 7.73. The predicted molar refractivity (Wildman–Crippen MR) is 106 cm³/mol. The zero-order chi connectivity index (χ0) is 24.0. The van der Waals surface area contributed by atoms with Gasteiger partial charge in [0.15, 0.2) is 11.8 Å². The van der Waals surface area contributed by atoms with Crippen LogP contribution in [0.2, 0.25) is 0 Å². The maximum Gasteiger partial charge on any atom is 0.319 e. The van der Waals surface area contributed by atoms with E-state index >= 15 is 0 Å². The molecule has 3 radical (unpaired) electrons. The molecule has 2 fully saturated rings. The first kappa shape index (κ1) is 27.8. The minimum absolute atomic E-state index is 0. The van der Waals surface area contributed by atoms with Gasteiger partial charge in [-0.1, -0.05) is 4.98 Å². The van der Waals surface area contributed by atoms with E-state index in [4.69, 9.17) is 32.1 Å². The van der Waals surface area contributed by atoms with Crippen LogP contribution in [0.5, 0.6) is 5.88 Å². The summed E-state index contributed by atoms with van der Waals surface area (Å²) >= 11 is 0. The molecule has 18 heteroatoms. The molecule has 2 aliphatic rings. The number of hydrogen-bond acceptors (Lipinski definition) is 13. The fraction of sp³-hybridized carbons (Fsp3) is 0.688. The number of hydrogen-bond donors (Lipinski definition) is 5. The largest absolute Gasteiger partial charge is 0.856 e. The molecule has 6 N–H and O–H groups in total. The number of nitrogen functional groups attached to an aromatic ring is 1. The SMILES string of the molecule is [B][C@@H]1O[C@H](CO[PH](=O)OC[C@H]2O[C@@H]([n+]3cn(C)c4c([O-])nc(N)nc43)C(O)[C@H]2O)[C@H](O)C1O.[Y]. The van der Waals surface area contributed by atoms with Gasteiger partial charge in [0.25, 0.3) is 5.95 Å². The Morgan fingerprint density at radius 2 is 1.74 bits per heavy atom. The third-order valence-electron chi connectivity index (χ3n) is 5.49. The molecule has 2 saturated heterocycles. The van der Waals surface area contributed by atoms with Crippen LogP contribution < -0.4 is 15.4 Å². The van der Waals surface area contributed by atoms with Gasteiger partial charge in [-0.3, -0.25) is 9.13 Å². The molecule has 2 aliphatic heterocycles. The van der Waals surface area contributed by atoms with E-state index < -0.39 is 69.6 Å². The Labute approximate surface area is 220 Å². The summed E-state index contributed by atoms with van der Waals surface area (Å²) < 4.78 is 35.7. The van der Waals surface area contributed by atoms with Crippen molar-refractivity contribution in [2.24, 2.45) is 7.05 Å². The molecule has 0 amide bonds. The molecule has 34 heavy (non-hydrogen) atoms. The number of aliphatic hydroxyl groups excluding tert-OH is 4. The molecule has 0 aliphatic carbocycles. The molecule has 0 saturated carbocycles. The number of aliphatic hydroxyl groups is 4. The number of fused-ring (bicyclic) bond motifs is 1. The van der Waals surface area contributed by atoms with Gasteiger partial charge in [-0.2, -0.15) is 0 Å². The molecule has 0 bridgehead atoms. The average Bonchev–Trinajstić information content (AvgIpc) is 3.32. The number of anilines is 1. The summed E-state index contributed by atoms with van der Waals surface area (Å²) in [6, 6.07) is -1.10. The normalized spacial score (nSPS) is 34.4. The molecule has 4 heterocycles. The van der Waals surface area contributed by atoms with E-state index in [1.807, 2.05) is 0 Å². The van der Waals surface area contributed by atoms with Crippen LogP contribution >= 0.6 is 8.25 Å². The van der Waals surface area contributed by atoms with Crippen molar-refractivity contribution >= 4 is 33.2 Å². The summed E-state index contributed by atoms with van der Waals surface area (Å²) in [5.41, 5.74) is 5.78. The Morgan fingerprint density at radius 3 is 2.32 bits per heavy atom. The quantitative estimate of drug-likeness (QED) is 0.120. The van der Waals surface area contributed by atoms with Crippen LogP contribution in [0.4, 0.5) is 5.95 Å². The minimum Gasteiger partial charge on any atom is -0.856 e. The van der Waals surface area contributed by atoms with Crippen LogP contribution in [-0.4, -0.2) is 98.6 Å². The Hall–Kier alpha value is -0.771. The summed E-state index contributed by atoms with van der Waals surface area (Å²) in [5, 5.41) is 52.3. The first-order valence-electron chi connectivity index (χ1n) is 9.87. The second-order valence-corrected chi connectivity index (χ2v) is 8.81. The molecule has 9 atom stereocenters. The van der Waals surface area contributed by atoms with Crippen molar-refractivity contribution in [2.75, 3.05) is 18.9 Å². The molecular formula is C16H23BN5O10PY. The summed E-state index contributed by atoms with van der Waals surface area (Å²) in [5.74, 6) is -0.881. The van der Waals surface area contributed by atoms with Crippen molar-refractivity contribution in [3.63, 3.8) is 0 Å². The van der Waals surface area contributed by atoms with Crippen LogP contribution in [0.1, 0.15) is 6.23 Å². The molecular weight excluding hydrogens is 553 g/mol. The Bertz CT molecular complexity index is 1050. The van der Waals surface area contributed by atoms with Crippen molar-refractivity contribution < 1.29 is 85.9 Å². The smallest absolute Gasteiger partial charge is 0.319 e. The van der Waals surface area contributed by atoms with Gasteiger partial charge >= 0.3 is 13.9 Å². The Balaban J connectivity index is 0.00000324. The molecule has 183 valence electrons. The number of rotatable bonds is 7. The van der Waals surface area contributed by atoms with Gasteiger partial charge in [0.1, 0.15) is 38.4 Å². The minimum atomic E-state index is -3.11. The van der Waals surface area contributed by atoms with Gasteiger partial charge in [-0.05, 0) is 0 Å². The van der Waals surface area contributed by atoms with Crippen molar-refractivity contribution in [1.82, 2.24) is 14.5 Å². The fourth-order valence-electron chi connectivity index (χ4n) is 3.77. The second kappa shape index (κ2) is 11.1. The van der Waals surface area contributed by atoms with Crippen LogP contribution in [0.15, 0.2) is 6.33 Å². The zero-order valence-corrected chi connectivity index (χ0v) is 21.7.